The molecule has 13 heavy (non-hydrogen) atoms. The Labute approximate surface area is 78.4 Å². The van der Waals surface area contributed by atoms with Crippen LogP contribution >= 0.6 is 0 Å². The van der Waals surface area contributed by atoms with Crippen molar-refractivity contribution in [1.82, 2.24) is 4.98 Å². The summed E-state index contributed by atoms with van der Waals surface area (Å²) in [5.41, 5.74) is -0.185. The minimum Gasteiger partial charge on any atom is -0.478 e. The first-order valence-electron chi connectivity index (χ1n) is 4.36. The van der Waals surface area contributed by atoms with Crippen LogP contribution in [0.3, 0.4) is 0 Å². The Morgan fingerprint density at radius 2 is 2.23 bits per heavy atom. The number of ether oxygens (including phenoxy) is 1. The number of aromatic nitrogens is 1. The molecule has 3 nitrogen and oxygen atoms in total. The van der Waals surface area contributed by atoms with Crippen LogP contribution in [0.15, 0.2) is 18.3 Å². The largest absolute Gasteiger partial charge is 0.478 e. The van der Waals surface area contributed by atoms with Crippen LogP contribution in [0.5, 0.6) is 5.88 Å². The van der Waals surface area contributed by atoms with Crippen molar-refractivity contribution >= 4 is 0 Å². The molecular formula is C10H15NO2. The Morgan fingerprint density at radius 3 is 2.77 bits per heavy atom. The van der Waals surface area contributed by atoms with Gasteiger partial charge >= 0.3 is 0 Å². The predicted molar refractivity (Wildman–Crippen MR) is 50.7 cm³/mol. The van der Waals surface area contributed by atoms with Gasteiger partial charge in [0, 0.05) is 11.8 Å². The Kier molecular flexibility index (Phi) is 2.88. The molecular weight excluding hydrogens is 166 g/mol. The zero-order chi connectivity index (χ0) is 9.90. The van der Waals surface area contributed by atoms with E-state index in [4.69, 9.17) is 4.74 Å². The molecule has 0 saturated carbocycles. The van der Waals surface area contributed by atoms with Crippen LogP contribution in [0.1, 0.15) is 26.3 Å². The Morgan fingerprint density at radius 1 is 1.54 bits per heavy atom. The topological polar surface area (TPSA) is 42.4 Å². The van der Waals surface area contributed by atoms with Gasteiger partial charge in [-0.25, -0.2) is 4.98 Å². The van der Waals surface area contributed by atoms with Crippen LogP contribution in [0.2, 0.25) is 0 Å². The number of nitrogens with zero attached hydrogens (tertiary/aromatic N) is 1. The zero-order valence-electron chi connectivity index (χ0n) is 8.24. The molecule has 0 aromatic carbocycles. The van der Waals surface area contributed by atoms with E-state index in [0.29, 0.717) is 12.5 Å². The molecule has 1 N–H and O–H groups in total. The lowest BCUT2D eigenvalue weighted by molar-refractivity contribution is 0.0741. The minimum atomic E-state index is -0.904. The zero-order valence-corrected chi connectivity index (χ0v) is 8.24. The lowest BCUT2D eigenvalue weighted by atomic mass is 10.00. The van der Waals surface area contributed by atoms with Crippen LogP contribution in [-0.2, 0) is 5.60 Å². The fraction of sp³-hybridized carbons (Fsp3) is 0.500. The molecule has 0 fully saturated rings. The van der Waals surface area contributed by atoms with Crippen molar-refractivity contribution in [2.75, 3.05) is 6.61 Å². The SMILES string of the molecule is CCOc1ncccc1C(C)(C)O. The molecule has 72 valence electrons. The van der Waals surface area contributed by atoms with Gasteiger partial charge in [0.15, 0.2) is 0 Å². The molecule has 1 heterocycles. The highest BCUT2D eigenvalue weighted by atomic mass is 16.5. The van der Waals surface area contributed by atoms with Crippen LogP contribution in [-0.4, -0.2) is 16.7 Å². The van der Waals surface area contributed by atoms with E-state index in [1.54, 1.807) is 26.1 Å². The van der Waals surface area contributed by atoms with Crippen LogP contribution in [0.25, 0.3) is 0 Å². The Balaban J connectivity index is 3.05. The molecule has 1 aromatic heterocycles. The third kappa shape index (κ3) is 2.42. The predicted octanol–water partition coefficient (Wildman–Crippen LogP) is 1.71. The highest BCUT2D eigenvalue weighted by Crippen LogP contribution is 2.26. The average Bonchev–Trinajstić information content (AvgIpc) is 2.04. The summed E-state index contributed by atoms with van der Waals surface area (Å²) in [6.07, 6.45) is 1.65. The molecule has 0 aliphatic rings. The molecule has 0 saturated heterocycles. The highest BCUT2D eigenvalue weighted by molar-refractivity contribution is 5.30. The van der Waals surface area contributed by atoms with Crippen LogP contribution < -0.4 is 4.74 Å². The molecule has 0 aliphatic carbocycles. The molecule has 0 unspecified atom stereocenters. The van der Waals surface area contributed by atoms with Crippen molar-refractivity contribution in [2.24, 2.45) is 0 Å². The first kappa shape index (κ1) is 9.99. The molecule has 1 aromatic rings. The molecule has 3 heteroatoms. The summed E-state index contributed by atoms with van der Waals surface area (Å²) in [6, 6.07) is 3.60. The molecule has 0 bridgehead atoms. The summed E-state index contributed by atoms with van der Waals surface area (Å²) in [6.45, 7) is 5.88. The molecule has 0 aliphatic heterocycles. The van der Waals surface area contributed by atoms with Gasteiger partial charge in [0.05, 0.1) is 12.2 Å². The maximum Gasteiger partial charge on any atom is 0.219 e. The van der Waals surface area contributed by atoms with Gasteiger partial charge in [-0.1, -0.05) is 0 Å². The second kappa shape index (κ2) is 3.75. The first-order valence-corrected chi connectivity index (χ1v) is 4.36. The summed E-state index contributed by atoms with van der Waals surface area (Å²) in [5, 5.41) is 9.78. The monoisotopic (exact) mass is 181 g/mol. The van der Waals surface area contributed by atoms with E-state index in [0.717, 1.165) is 5.56 Å². The van der Waals surface area contributed by atoms with E-state index in [2.05, 4.69) is 4.98 Å². The number of pyridine rings is 1. The van der Waals surface area contributed by atoms with Crippen molar-refractivity contribution in [2.45, 2.75) is 26.4 Å². The van der Waals surface area contributed by atoms with Crippen LogP contribution in [0.4, 0.5) is 0 Å². The van der Waals surface area contributed by atoms with E-state index >= 15 is 0 Å². The first-order chi connectivity index (χ1) is 6.05. The Bertz CT molecular complexity index is 278. The maximum absolute atomic E-state index is 9.78. The van der Waals surface area contributed by atoms with Gasteiger partial charge in [-0.3, -0.25) is 0 Å². The minimum absolute atomic E-state index is 0.512. The fourth-order valence-corrected chi connectivity index (χ4v) is 1.11. The summed E-state index contributed by atoms with van der Waals surface area (Å²) >= 11 is 0. The van der Waals surface area contributed by atoms with Gasteiger partial charge < -0.3 is 9.84 Å². The van der Waals surface area contributed by atoms with E-state index < -0.39 is 5.60 Å². The van der Waals surface area contributed by atoms with Gasteiger partial charge in [-0.05, 0) is 32.9 Å². The molecule has 0 atom stereocenters. The summed E-state index contributed by atoms with van der Waals surface area (Å²) < 4.78 is 5.29. The second-order valence-electron chi connectivity index (χ2n) is 3.35. The Hall–Kier alpha value is -1.09. The van der Waals surface area contributed by atoms with Crippen molar-refractivity contribution in [3.8, 4) is 5.88 Å². The molecule has 0 amide bonds. The van der Waals surface area contributed by atoms with Crippen molar-refractivity contribution in [3.63, 3.8) is 0 Å². The lowest BCUT2D eigenvalue weighted by Gasteiger charge is -2.19. The van der Waals surface area contributed by atoms with Gasteiger partial charge in [-0.15, -0.1) is 0 Å². The van der Waals surface area contributed by atoms with Crippen molar-refractivity contribution in [1.29, 1.82) is 0 Å². The molecule has 1 rings (SSSR count). The van der Waals surface area contributed by atoms with E-state index in [9.17, 15) is 5.11 Å². The normalized spacial score (nSPS) is 11.4. The summed E-state index contributed by atoms with van der Waals surface area (Å²) in [7, 11) is 0. The van der Waals surface area contributed by atoms with Gasteiger partial charge in [0.25, 0.3) is 0 Å². The lowest BCUT2D eigenvalue weighted by Crippen LogP contribution is -2.17. The smallest absolute Gasteiger partial charge is 0.219 e. The quantitative estimate of drug-likeness (QED) is 0.771. The number of aliphatic hydroxyl groups is 1. The third-order valence-electron chi connectivity index (χ3n) is 1.71. The number of hydrogen-bond acceptors (Lipinski definition) is 3. The van der Waals surface area contributed by atoms with E-state index in [-0.39, 0.29) is 0 Å². The standard InChI is InChI=1S/C10H15NO2/c1-4-13-9-8(10(2,3)12)6-5-7-11-9/h5-7,12H,4H2,1-3H3. The van der Waals surface area contributed by atoms with Crippen LogP contribution in [0, 0.1) is 0 Å². The number of rotatable bonds is 3. The van der Waals surface area contributed by atoms with Gasteiger partial charge in [0.1, 0.15) is 0 Å². The van der Waals surface area contributed by atoms with Crippen molar-refractivity contribution in [3.05, 3.63) is 23.9 Å². The van der Waals surface area contributed by atoms with E-state index in [1.165, 1.54) is 0 Å². The molecule has 0 radical (unpaired) electrons. The third-order valence-corrected chi connectivity index (χ3v) is 1.71. The summed E-state index contributed by atoms with van der Waals surface area (Å²) in [4.78, 5) is 4.05. The highest BCUT2D eigenvalue weighted by Gasteiger charge is 2.21. The average molecular weight is 181 g/mol. The van der Waals surface area contributed by atoms with Crippen molar-refractivity contribution < 1.29 is 9.84 Å². The fourth-order valence-electron chi connectivity index (χ4n) is 1.11. The molecule has 0 spiro atoms. The second-order valence-corrected chi connectivity index (χ2v) is 3.35. The van der Waals surface area contributed by atoms with E-state index in [1.807, 2.05) is 13.0 Å². The maximum atomic E-state index is 9.78. The van der Waals surface area contributed by atoms with Gasteiger partial charge in [0.2, 0.25) is 5.88 Å². The number of hydrogen-bond donors (Lipinski definition) is 1. The van der Waals surface area contributed by atoms with Gasteiger partial charge in [-0.2, -0.15) is 0 Å². The summed E-state index contributed by atoms with van der Waals surface area (Å²) in [5.74, 6) is 0.512.